The summed E-state index contributed by atoms with van der Waals surface area (Å²) in [4.78, 5) is 4.05. The topological polar surface area (TPSA) is 17.8 Å². The Kier molecular flexibility index (Phi) is 3.15. The van der Waals surface area contributed by atoms with Gasteiger partial charge in [0.1, 0.15) is 0 Å². The fourth-order valence-electron chi connectivity index (χ4n) is 2.26. The van der Waals surface area contributed by atoms with Gasteiger partial charge in [-0.25, -0.2) is 0 Å². The highest BCUT2D eigenvalue weighted by Crippen LogP contribution is 2.22. The second-order valence-corrected chi connectivity index (χ2v) is 4.72. The van der Waals surface area contributed by atoms with Crippen molar-refractivity contribution < 1.29 is 0 Å². The highest BCUT2D eigenvalue weighted by atomic mass is 15.0. The molecule has 2 aromatic heterocycles. The Bertz CT molecular complexity index is 654. The largest absolute Gasteiger partial charge is 0.347 e. The summed E-state index contributed by atoms with van der Waals surface area (Å²) in [5, 5.41) is 0. The minimum absolute atomic E-state index is 0.890. The van der Waals surface area contributed by atoms with Crippen LogP contribution >= 0.6 is 0 Å². The quantitative estimate of drug-likeness (QED) is 0.687. The molecule has 0 unspecified atom stereocenters. The van der Waals surface area contributed by atoms with E-state index in [-0.39, 0.29) is 0 Å². The number of rotatable bonds is 3. The first kappa shape index (κ1) is 11.7. The monoisotopic (exact) mass is 248 g/mol. The molecular formula is C17H16N2. The SMILES string of the molecule is Cc1cc(-c2ccccc2)cn1Cc1ccncc1. The Morgan fingerprint density at radius 2 is 1.68 bits per heavy atom. The van der Waals surface area contributed by atoms with E-state index in [2.05, 4.69) is 65.1 Å². The van der Waals surface area contributed by atoms with E-state index >= 15 is 0 Å². The lowest BCUT2D eigenvalue weighted by Crippen LogP contribution is -1.99. The molecule has 0 bridgehead atoms. The molecule has 2 heterocycles. The molecule has 3 rings (SSSR count). The summed E-state index contributed by atoms with van der Waals surface area (Å²) >= 11 is 0. The van der Waals surface area contributed by atoms with Crippen LogP contribution in [0.1, 0.15) is 11.3 Å². The van der Waals surface area contributed by atoms with Crippen LogP contribution in [0.2, 0.25) is 0 Å². The maximum Gasteiger partial charge on any atom is 0.0474 e. The Morgan fingerprint density at radius 3 is 2.42 bits per heavy atom. The third-order valence-electron chi connectivity index (χ3n) is 3.32. The van der Waals surface area contributed by atoms with Crippen LogP contribution in [0.5, 0.6) is 0 Å². The van der Waals surface area contributed by atoms with Gasteiger partial charge in [-0.05, 0) is 41.8 Å². The van der Waals surface area contributed by atoms with E-state index in [9.17, 15) is 0 Å². The third-order valence-corrected chi connectivity index (χ3v) is 3.32. The van der Waals surface area contributed by atoms with Crippen LogP contribution in [-0.2, 0) is 6.54 Å². The average molecular weight is 248 g/mol. The summed E-state index contributed by atoms with van der Waals surface area (Å²) in [6.45, 7) is 3.04. The predicted molar refractivity (Wildman–Crippen MR) is 77.9 cm³/mol. The van der Waals surface area contributed by atoms with Gasteiger partial charge in [-0.1, -0.05) is 30.3 Å². The van der Waals surface area contributed by atoms with Crippen molar-refractivity contribution in [1.82, 2.24) is 9.55 Å². The molecule has 94 valence electrons. The maximum atomic E-state index is 4.05. The minimum Gasteiger partial charge on any atom is -0.347 e. The maximum absolute atomic E-state index is 4.05. The molecule has 2 heteroatoms. The lowest BCUT2D eigenvalue weighted by atomic mass is 10.1. The van der Waals surface area contributed by atoms with E-state index < -0.39 is 0 Å². The molecule has 19 heavy (non-hydrogen) atoms. The van der Waals surface area contributed by atoms with Crippen LogP contribution in [0.15, 0.2) is 67.1 Å². The van der Waals surface area contributed by atoms with Gasteiger partial charge in [0.25, 0.3) is 0 Å². The zero-order chi connectivity index (χ0) is 13.1. The lowest BCUT2D eigenvalue weighted by Gasteiger charge is -2.05. The lowest BCUT2D eigenvalue weighted by molar-refractivity contribution is 0.775. The Balaban J connectivity index is 1.90. The molecule has 0 atom stereocenters. The number of pyridine rings is 1. The summed E-state index contributed by atoms with van der Waals surface area (Å²) in [6, 6.07) is 16.8. The fourth-order valence-corrected chi connectivity index (χ4v) is 2.26. The standard InChI is InChI=1S/C17H16N2/c1-14-11-17(16-5-3-2-4-6-16)13-19(14)12-15-7-9-18-10-8-15/h2-11,13H,12H2,1H3. The zero-order valence-electron chi connectivity index (χ0n) is 11.0. The number of hydrogen-bond acceptors (Lipinski definition) is 1. The average Bonchev–Trinajstić information content (AvgIpc) is 2.82. The molecule has 3 aromatic rings. The summed E-state index contributed by atoms with van der Waals surface area (Å²) < 4.78 is 2.28. The van der Waals surface area contributed by atoms with Crippen LogP contribution in [0.4, 0.5) is 0 Å². The number of aryl methyl sites for hydroxylation is 1. The molecule has 1 aromatic carbocycles. The van der Waals surface area contributed by atoms with E-state index in [0.717, 1.165) is 6.54 Å². The van der Waals surface area contributed by atoms with Gasteiger partial charge in [-0.15, -0.1) is 0 Å². The van der Waals surface area contributed by atoms with Crippen molar-refractivity contribution >= 4 is 0 Å². The fraction of sp³-hybridized carbons (Fsp3) is 0.118. The summed E-state index contributed by atoms with van der Waals surface area (Å²) in [6.07, 6.45) is 5.89. The van der Waals surface area contributed by atoms with Crippen molar-refractivity contribution in [2.75, 3.05) is 0 Å². The Hall–Kier alpha value is -2.35. The second-order valence-electron chi connectivity index (χ2n) is 4.72. The molecule has 0 radical (unpaired) electrons. The van der Waals surface area contributed by atoms with Gasteiger partial charge in [0.15, 0.2) is 0 Å². The van der Waals surface area contributed by atoms with Gasteiger partial charge in [0.05, 0.1) is 0 Å². The molecule has 0 fully saturated rings. The molecule has 2 nitrogen and oxygen atoms in total. The van der Waals surface area contributed by atoms with Crippen molar-refractivity contribution in [3.8, 4) is 11.1 Å². The van der Waals surface area contributed by atoms with Crippen LogP contribution in [0.3, 0.4) is 0 Å². The van der Waals surface area contributed by atoms with Crippen molar-refractivity contribution in [2.45, 2.75) is 13.5 Å². The second kappa shape index (κ2) is 5.11. The van der Waals surface area contributed by atoms with Gasteiger partial charge in [0, 0.05) is 30.8 Å². The van der Waals surface area contributed by atoms with Gasteiger partial charge in [-0.3, -0.25) is 4.98 Å². The van der Waals surface area contributed by atoms with Crippen LogP contribution < -0.4 is 0 Å². The molecule has 0 saturated carbocycles. The summed E-state index contributed by atoms with van der Waals surface area (Å²) in [5.74, 6) is 0. The predicted octanol–water partition coefficient (Wildman–Crippen LogP) is 3.91. The third kappa shape index (κ3) is 2.58. The molecule has 0 aliphatic rings. The first-order chi connectivity index (χ1) is 9.33. The van der Waals surface area contributed by atoms with Crippen molar-refractivity contribution in [3.63, 3.8) is 0 Å². The molecule has 0 N–H and O–H groups in total. The van der Waals surface area contributed by atoms with E-state index in [1.54, 1.807) is 0 Å². The minimum atomic E-state index is 0.890. The summed E-state index contributed by atoms with van der Waals surface area (Å²) in [7, 11) is 0. The first-order valence-corrected chi connectivity index (χ1v) is 6.44. The van der Waals surface area contributed by atoms with E-state index in [1.165, 1.54) is 22.4 Å². The summed E-state index contributed by atoms with van der Waals surface area (Å²) in [5.41, 5.74) is 5.08. The number of benzene rings is 1. The van der Waals surface area contributed by atoms with Crippen LogP contribution in [0.25, 0.3) is 11.1 Å². The van der Waals surface area contributed by atoms with Crippen molar-refractivity contribution in [2.24, 2.45) is 0 Å². The Morgan fingerprint density at radius 1 is 0.947 bits per heavy atom. The number of hydrogen-bond donors (Lipinski definition) is 0. The molecule has 0 amide bonds. The smallest absolute Gasteiger partial charge is 0.0474 e. The molecular weight excluding hydrogens is 232 g/mol. The van der Waals surface area contributed by atoms with Gasteiger partial charge in [-0.2, -0.15) is 0 Å². The van der Waals surface area contributed by atoms with Crippen molar-refractivity contribution in [3.05, 3.63) is 78.4 Å². The van der Waals surface area contributed by atoms with Crippen LogP contribution in [-0.4, -0.2) is 9.55 Å². The van der Waals surface area contributed by atoms with Crippen LogP contribution in [0, 0.1) is 6.92 Å². The molecule has 0 spiro atoms. The number of nitrogens with zero attached hydrogens (tertiary/aromatic N) is 2. The highest BCUT2D eigenvalue weighted by Gasteiger charge is 2.04. The van der Waals surface area contributed by atoms with Gasteiger partial charge >= 0.3 is 0 Å². The zero-order valence-corrected chi connectivity index (χ0v) is 11.0. The Labute approximate surface area is 113 Å². The highest BCUT2D eigenvalue weighted by molar-refractivity contribution is 5.63. The molecule has 0 aliphatic heterocycles. The van der Waals surface area contributed by atoms with E-state index in [0.29, 0.717) is 0 Å². The first-order valence-electron chi connectivity index (χ1n) is 6.44. The van der Waals surface area contributed by atoms with E-state index in [4.69, 9.17) is 0 Å². The van der Waals surface area contributed by atoms with Crippen molar-refractivity contribution in [1.29, 1.82) is 0 Å². The number of aromatic nitrogens is 2. The molecule has 0 saturated heterocycles. The normalized spacial score (nSPS) is 10.6. The molecule has 0 aliphatic carbocycles. The van der Waals surface area contributed by atoms with E-state index in [1.807, 2.05) is 18.5 Å². The van der Waals surface area contributed by atoms with Gasteiger partial charge in [0.2, 0.25) is 0 Å². The van der Waals surface area contributed by atoms with Gasteiger partial charge < -0.3 is 4.57 Å².